The largest absolute Gasteiger partial charge is 0.361 e. The molecule has 0 unspecified atom stereocenters. The van der Waals surface area contributed by atoms with Crippen molar-refractivity contribution in [3.05, 3.63) is 81.4 Å². The molecule has 27 heavy (non-hydrogen) atoms. The number of carbonyl (C=O) groups is 1. The molecule has 132 valence electrons. The van der Waals surface area contributed by atoms with Crippen molar-refractivity contribution in [2.45, 2.75) is 6.42 Å². The second-order valence-corrected chi connectivity index (χ2v) is 8.05. The average molecular weight is 392 g/mol. The number of hydrogen-bond donors (Lipinski definition) is 2. The molecular formula is C21H14ClN3OS. The fourth-order valence-corrected chi connectivity index (χ4v) is 4.59. The van der Waals surface area contributed by atoms with Crippen LogP contribution in [0.1, 0.15) is 16.0 Å². The van der Waals surface area contributed by atoms with Crippen molar-refractivity contribution >= 4 is 56.6 Å². The molecule has 0 spiro atoms. The van der Waals surface area contributed by atoms with Gasteiger partial charge in [0.15, 0.2) is 4.47 Å². The fraction of sp³-hybridized carbons (Fsp3) is 0.0476. The molecule has 2 N–H and O–H groups in total. The SMILES string of the molecule is O=C1Nc2ccccc2/C1=C(\Cc1cnc(Cl)s1)c1c[nH]c2ccccc12. The number of carbonyl (C=O) groups excluding carboxylic acids is 1. The Hall–Kier alpha value is -2.89. The molecule has 4 aromatic rings. The molecule has 0 bridgehead atoms. The summed E-state index contributed by atoms with van der Waals surface area (Å²) in [7, 11) is 0. The lowest BCUT2D eigenvalue weighted by atomic mass is 9.92. The molecule has 0 aliphatic carbocycles. The van der Waals surface area contributed by atoms with Gasteiger partial charge in [-0.25, -0.2) is 4.98 Å². The Morgan fingerprint density at radius 3 is 2.78 bits per heavy atom. The van der Waals surface area contributed by atoms with Crippen molar-refractivity contribution in [1.29, 1.82) is 0 Å². The van der Waals surface area contributed by atoms with Crippen molar-refractivity contribution < 1.29 is 4.79 Å². The molecule has 0 atom stereocenters. The van der Waals surface area contributed by atoms with Crippen molar-refractivity contribution in [2.75, 3.05) is 5.32 Å². The number of benzene rings is 2. The quantitative estimate of drug-likeness (QED) is 0.460. The first kappa shape index (κ1) is 16.3. The second-order valence-electron chi connectivity index (χ2n) is 6.36. The third kappa shape index (κ3) is 2.76. The number of allylic oxidation sites excluding steroid dienone is 1. The number of hydrogen-bond acceptors (Lipinski definition) is 3. The first-order chi connectivity index (χ1) is 13.2. The van der Waals surface area contributed by atoms with Crippen LogP contribution in [0.15, 0.2) is 60.9 Å². The van der Waals surface area contributed by atoms with Crippen LogP contribution in [-0.4, -0.2) is 15.9 Å². The first-order valence-electron chi connectivity index (χ1n) is 8.51. The van der Waals surface area contributed by atoms with Gasteiger partial charge in [0.1, 0.15) is 0 Å². The van der Waals surface area contributed by atoms with E-state index in [1.807, 2.05) is 48.7 Å². The van der Waals surface area contributed by atoms with Gasteiger partial charge in [-0.3, -0.25) is 4.79 Å². The minimum Gasteiger partial charge on any atom is -0.361 e. The van der Waals surface area contributed by atoms with E-state index in [0.717, 1.165) is 38.2 Å². The number of amides is 1. The summed E-state index contributed by atoms with van der Waals surface area (Å²) in [6.45, 7) is 0. The van der Waals surface area contributed by atoms with Gasteiger partial charge in [0.2, 0.25) is 0 Å². The molecule has 0 saturated carbocycles. The van der Waals surface area contributed by atoms with Gasteiger partial charge in [-0.05, 0) is 17.7 Å². The maximum absolute atomic E-state index is 12.9. The van der Waals surface area contributed by atoms with Gasteiger partial charge in [-0.2, -0.15) is 0 Å². The van der Waals surface area contributed by atoms with E-state index in [1.54, 1.807) is 6.20 Å². The normalized spacial score (nSPS) is 15.1. The summed E-state index contributed by atoms with van der Waals surface area (Å²) >= 11 is 7.48. The summed E-state index contributed by atoms with van der Waals surface area (Å²) in [4.78, 5) is 21.4. The zero-order valence-corrected chi connectivity index (χ0v) is 15.7. The fourth-order valence-electron chi connectivity index (χ4n) is 3.60. The highest BCUT2D eigenvalue weighted by molar-refractivity contribution is 7.15. The molecule has 3 heterocycles. The minimum absolute atomic E-state index is 0.0768. The van der Waals surface area contributed by atoms with Crippen LogP contribution in [0.4, 0.5) is 5.69 Å². The number of aromatic amines is 1. The van der Waals surface area contributed by atoms with Gasteiger partial charge in [0.25, 0.3) is 5.91 Å². The second kappa shape index (κ2) is 6.37. The first-order valence-corrected chi connectivity index (χ1v) is 9.71. The number of anilines is 1. The van der Waals surface area contributed by atoms with Crippen molar-refractivity contribution in [2.24, 2.45) is 0 Å². The Kier molecular flexibility index (Phi) is 3.85. The number of nitrogens with zero attached hydrogens (tertiary/aromatic N) is 1. The highest BCUT2D eigenvalue weighted by Gasteiger charge is 2.28. The van der Waals surface area contributed by atoms with Gasteiger partial charge in [-0.1, -0.05) is 48.0 Å². The van der Waals surface area contributed by atoms with Gasteiger partial charge in [-0.15, -0.1) is 11.3 Å². The highest BCUT2D eigenvalue weighted by Crippen LogP contribution is 2.40. The lowest BCUT2D eigenvalue weighted by molar-refractivity contribution is -0.110. The number of thiazole rings is 1. The molecule has 2 aromatic carbocycles. The summed E-state index contributed by atoms with van der Waals surface area (Å²) in [5.74, 6) is -0.0768. The molecule has 1 aliphatic rings. The van der Waals surface area contributed by atoms with Gasteiger partial charge in [0, 0.05) is 51.4 Å². The average Bonchev–Trinajstić information content (AvgIpc) is 3.36. The summed E-state index contributed by atoms with van der Waals surface area (Å²) in [5.41, 5.74) is 5.52. The van der Waals surface area contributed by atoms with Gasteiger partial charge in [0.05, 0.1) is 5.57 Å². The van der Waals surface area contributed by atoms with Crippen molar-refractivity contribution in [3.63, 3.8) is 0 Å². The van der Waals surface area contributed by atoms with Crippen LogP contribution in [0.3, 0.4) is 0 Å². The lowest BCUT2D eigenvalue weighted by Crippen LogP contribution is -2.06. The molecule has 0 saturated heterocycles. The van der Waals surface area contributed by atoms with E-state index in [1.165, 1.54) is 11.3 Å². The predicted octanol–water partition coefficient (Wildman–Crippen LogP) is 5.38. The molecular weight excluding hydrogens is 378 g/mol. The van der Waals surface area contributed by atoms with E-state index in [0.29, 0.717) is 16.5 Å². The van der Waals surface area contributed by atoms with E-state index >= 15 is 0 Å². The molecule has 4 nitrogen and oxygen atoms in total. The van der Waals surface area contributed by atoms with E-state index in [-0.39, 0.29) is 5.91 Å². The molecule has 2 aromatic heterocycles. The minimum atomic E-state index is -0.0768. The van der Waals surface area contributed by atoms with Crippen LogP contribution < -0.4 is 5.32 Å². The third-order valence-corrected chi connectivity index (χ3v) is 5.88. The topological polar surface area (TPSA) is 57.8 Å². The molecule has 5 rings (SSSR count). The number of halogens is 1. The lowest BCUT2D eigenvalue weighted by Gasteiger charge is -2.10. The van der Waals surface area contributed by atoms with Crippen LogP contribution in [0.25, 0.3) is 22.0 Å². The van der Waals surface area contributed by atoms with Gasteiger partial charge < -0.3 is 10.3 Å². The standard InChI is InChI=1S/C21H14ClN3OS/c22-21-24-10-12(27-21)9-15(16-11-23-17-7-3-1-5-13(16)17)19-14-6-2-4-8-18(14)25-20(19)26/h1-8,10-11,23H,9H2,(H,25,26)/b19-15-. The van der Waals surface area contributed by atoms with Crippen molar-refractivity contribution in [1.82, 2.24) is 9.97 Å². The number of rotatable bonds is 3. The molecule has 0 radical (unpaired) electrons. The van der Waals surface area contributed by atoms with Crippen LogP contribution in [0.5, 0.6) is 0 Å². The van der Waals surface area contributed by atoms with Crippen LogP contribution in [0.2, 0.25) is 4.47 Å². The third-order valence-electron chi connectivity index (χ3n) is 4.76. The van der Waals surface area contributed by atoms with Crippen LogP contribution in [0, 0.1) is 0 Å². The summed E-state index contributed by atoms with van der Waals surface area (Å²) in [6, 6.07) is 15.9. The molecule has 0 fully saturated rings. The Labute approximate surface area is 164 Å². The number of aromatic nitrogens is 2. The van der Waals surface area contributed by atoms with Gasteiger partial charge >= 0.3 is 0 Å². The van der Waals surface area contributed by atoms with E-state index in [4.69, 9.17) is 11.6 Å². The Bertz CT molecular complexity index is 1220. The zero-order valence-electron chi connectivity index (χ0n) is 14.1. The molecule has 1 aliphatic heterocycles. The Morgan fingerprint density at radius 1 is 1.11 bits per heavy atom. The summed E-state index contributed by atoms with van der Waals surface area (Å²) in [6.07, 6.45) is 4.34. The Morgan fingerprint density at radius 2 is 1.93 bits per heavy atom. The number of para-hydroxylation sites is 2. The number of fused-ring (bicyclic) bond motifs is 2. The predicted molar refractivity (Wildman–Crippen MR) is 111 cm³/mol. The molecule has 1 amide bonds. The maximum atomic E-state index is 12.9. The van der Waals surface area contributed by atoms with E-state index < -0.39 is 0 Å². The smallest absolute Gasteiger partial charge is 0.256 e. The Balaban J connectivity index is 1.78. The maximum Gasteiger partial charge on any atom is 0.256 e. The summed E-state index contributed by atoms with van der Waals surface area (Å²) < 4.78 is 0.504. The number of nitrogens with one attached hydrogen (secondary N) is 2. The highest BCUT2D eigenvalue weighted by atomic mass is 35.5. The van der Waals surface area contributed by atoms with E-state index in [2.05, 4.69) is 21.4 Å². The van der Waals surface area contributed by atoms with Crippen molar-refractivity contribution in [3.8, 4) is 0 Å². The zero-order chi connectivity index (χ0) is 18.4. The van der Waals surface area contributed by atoms with E-state index in [9.17, 15) is 4.79 Å². The molecule has 6 heteroatoms. The number of H-pyrrole nitrogens is 1. The van der Waals surface area contributed by atoms with Crippen LogP contribution >= 0.6 is 22.9 Å². The summed E-state index contributed by atoms with van der Waals surface area (Å²) in [5, 5.41) is 4.07. The van der Waals surface area contributed by atoms with Crippen LogP contribution in [-0.2, 0) is 11.2 Å². The monoisotopic (exact) mass is 391 g/mol.